The van der Waals surface area contributed by atoms with E-state index < -0.39 is 5.91 Å². The molecule has 0 aliphatic heterocycles. The van der Waals surface area contributed by atoms with Gasteiger partial charge >= 0.3 is 0 Å². The van der Waals surface area contributed by atoms with Crippen LogP contribution in [0, 0.1) is 6.92 Å². The molecule has 1 heterocycles. The van der Waals surface area contributed by atoms with Crippen molar-refractivity contribution in [2.75, 3.05) is 5.32 Å². The molecule has 6 nitrogen and oxygen atoms in total. The number of hydrogen-bond donors (Lipinski definition) is 3. The summed E-state index contributed by atoms with van der Waals surface area (Å²) in [6.07, 6.45) is 0. The summed E-state index contributed by atoms with van der Waals surface area (Å²) in [4.78, 5) is 22.6. The van der Waals surface area contributed by atoms with Gasteiger partial charge in [-0.2, -0.15) is 5.10 Å². The zero-order chi connectivity index (χ0) is 13.1. The molecule has 0 aliphatic rings. The maximum atomic E-state index is 11.8. The number of nitrogens with one attached hydrogen (secondary N) is 2. The quantitative estimate of drug-likeness (QED) is 0.689. The summed E-state index contributed by atoms with van der Waals surface area (Å²) in [6.45, 7) is 1.73. The highest BCUT2D eigenvalue weighted by Gasteiger charge is 2.08. The number of rotatable bonds is 2. The van der Waals surface area contributed by atoms with Gasteiger partial charge in [-0.25, -0.2) is 5.10 Å². The molecule has 3 N–H and O–H groups in total. The van der Waals surface area contributed by atoms with Gasteiger partial charge in [-0.05, 0) is 36.8 Å². The molecule has 0 spiro atoms. The van der Waals surface area contributed by atoms with E-state index in [0.29, 0.717) is 11.3 Å². The highest BCUT2D eigenvalue weighted by atomic mass is 16.3. The SMILES string of the molecule is Cc1cc(NC(=O)c2ccc(=O)[nH]n2)ccc1O. The van der Waals surface area contributed by atoms with Crippen LogP contribution in [0.2, 0.25) is 0 Å². The number of aryl methyl sites for hydroxylation is 1. The van der Waals surface area contributed by atoms with Crippen LogP contribution in [0.25, 0.3) is 0 Å². The molecule has 0 saturated carbocycles. The van der Waals surface area contributed by atoms with Crippen LogP contribution in [0.4, 0.5) is 5.69 Å². The van der Waals surface area contributed by atoms with E-state index in [4.69, 9.17) is 0 Å². The summed E-state index contributed by atoms with van der Waals surface area (Å²) in [5.74, 6) is -0.272. The molecule has 0 aliphatic carbocycles. The summed E-state index contributed by atoms with van der Waals surface area (Å²) >= 11 is 0. The Balaban J connectivity index is 2.18. The Bertz CT molecular complexity index is 629. The van der Waals surface area contributed by atoms with Crippen molar-refractivity contribution in [3.05, 3.63) is 51.9 Å². The summed E-state index contributed by atoms with van der Waals surface area (Å²) in [6, 6.07) is 7.27. The van der Waals surface area contributed by atoms with Crippen molar-refractivity contribution in [3.63, 3.8) is 0 Å². The second-order valence-corrected chi connectivity index (χ2v) is 3.76. The maximum Gasteiger partial charge on any atom is 0.276 e. The number of H-pyrrole nitrogens is 1. The minimum Gasteiger partial charge on any atom is -0.508 e. The molecule has 0 fully saturated rings. The van der Waals surface area contributed by atoms with E-state index in [1.807, 2.05) is 0 Å². The van der Waals surface area contributed by atoms with Gasteiger partial charge < -0.3 is 10.4 Å². The third kappa shape index (κ3) is 2.54. The molecule has 1 amide bonds. The average Bonchev–Trinajstić information content (AvgIpc) is 2.34. The van der Waals surface area contributed by atoms with Crippen LogP contribution in [0.15, 0.2) is 35.1 Å². The number of phenolic OH excluding ortho intramolecular Hbond substituents is 1. The van der Waals surface area contributed by atoms with Crippen molar-refractivity contribution >= 4 is 11.6 Å². The molecule has 0 atom stereocenters. The van der Waals surface area contributed by atoms with E-state index in [2.05, 4.69) is 15.5 Å². The van der Waals surface area contributed by atoms with Crippen molar-refractivity contribution in [2.45, 2.75) is 6.92 Å². The number of aromatic amines is 1. The van der Waals surface area contributed by atoms with Gasteiger partial charge in [-0.1, -0.05) is 0 Å². The maximum absolute atomic E-state index is 11.8. The van der Waals surface area contributed by atoms with Crippen molar-refractivity contribution in [3.8, 4) is 5.75 Å². The van der Waals surface area contributed by atoms with Crippen LogP contribution in [0.5, 0.6) is 5.75 Å². The van der Waals surface area contributed by atoms with Gasteiger partial charge in [0, 0.05) is 11.8 Å². The monoisotopic (exact) mass is 245 g/mol. The predicted octanol–water partition coefficient (Wildman–Crippen LogP) is 1.04. The molecular weight excluding hydrogens is 234 g/mol. The van der Waals surface area contributed by atoms with E-state index in [1.165, 1.54) is 18.2 Å². The molecule has 2 aromatic rings. The van der Waals surface area contributed by atoms with E-state index in [0.717, 1.165) is 0 Å². The fourth-order valence-electron chi connectivity index (χ4n) is 1.40. The highest BCUT2D eigenvalue weighted by molar-refractivity contribution is 6.02. The van der Waals surface area contributed by atoms with E-state index in [1.54, 1.807) is 19.1 Å². The summed E-state index contributed by atoms with van der Waals surface area (Å²) < 4.78 is 0. The van der Waals surface area contributed by atoms with Crippen LogP contribution in [-0.4, -0.2) is 21.2 Å². The lowest BCUT2D eigenvalue weighted by Gasteiger charge is -2.06. The van der Waals surface area contributed by atoms with Gasteiger partial charge in [-0.3, -0.25) is 9.59 Å². The molecule has 1 aromatic carbocycles. The second kappa shape index (κ2) is 4.70. The van der Waals surface area contributed by atoms with Crippen molar-refractivity contribution in [2.24, 2.45) is 0 Å². The third-order valence-electron chi connectivity index (χ3n) is 2.37. The first-order valence-corrected chi connectivity index (χ1v) is 5.23. The van der Waals surface area contributed by atoms with Crippen LogP contribution in [-0.2, 0) is 0 Å². The molecule has 0 radical (unpaired) electrons. The Morgan fingerprint density at radius 1 is 1.33 bits per heavy atom. The summed E-state index contributed by atoms with van der Waals surface area (Å²) in [5.41, 5.74) is 0.942. The number of carbonyl (C=O) groups excluding carboxylic acids is 1. The van der Waals surface area contributed by atoms with Crippen LogP contribution < -0.4 is 10.9 Å². The molecule has 1 aromatic heterocycles. The van der Waals surface area contributed by atoms with Gasteiger partial charge in [0.15, 0.2) is 0 Å². The molecule has 18 heavy (non-hydrogen) atoms. The Kier molecular flexibility index (Phi) is 3.09. The third-order valence-corrected chi connectivity index (χ3v) is 2.37. The minimum atomic E-state index is -0.434. The molecule has 0 bridgehead atoms. The summed E-state index contributed by atoms with van der Waals surface area (Å²) in [5, 5.41) is 17.8. The Morgan fingerprint density at radius 3 is 2.72 bits per heavy atom. The average molecular weight is 245 g/mol. The molecular formula is C12H11N3O3. The number of phenols is 1. The molecule has 0 saturated heterocycles. The lowest BCUT2D eigenvalue weighted by atomic mass is 10.2. The van der Waals surface area contributed by atoms with Gasteiger partial charge in [0.2, 0.25) is 0 Å². The first kappa shape index (κ1) is 11.8. The largest absolute Gasteiger partial charge is 0.508 e. The number of aromatic hydroxyl groups is 1. The molecule has 0 unspecified atom stereocenters. The van der Waals surface area contributed by atoms with E-state index in [-0.39, 0.29) is 17.0 Å². The zero-order valence-corrected chi connectivity index (χ0v) is 9.60. The summed E-state index contributed by atoms with van der Waals surface area (Å²) in [7, 11) is 0. The number of carbonyl (C=O) groups is 1. The van der Waals surface area contributed by atoms with Crippen LogP contribution >= 0.6 is 0 Å². The number of benzene rings is 1. The van der Waals surface area contributed by atoms with Gasteiger partial charge in [0.1, 0.15) is 11.4 Å². The Morgan fingerprint density at radius 2 is 2.11 bits per heavy atom. The fourth-order valence-corrected chi connectivity index (χ4v) is 1.40. The van der Waals surface area contributed by atoms with Crippen molar-refractivity contribution < 1.29 is 9.90 Å². The minimum absolute atomic E-state index is 0.111. The standard InChI is InChI=1S/C12H11N3O3/c1-7-6-8(2-4-10(7)16)13-12(18)9-3-5-11(17)15-14-9/h2-6,16H,1H3,(H,13,18)(H,15,17). The normalized spacial score (nSPS) is 10.1. The number of aromatic nitrogens is 2. The molecule has 6 heteroatoms. The van der Waals surface area contributed by atoms with Gasteiger partial charge in [0.25, 0.3) is 11.5 Å². The molecule has 2 rings (SSSR count). The lowest BCUT2D eigenvalue weighted by Crippen LogP contribution is -2.17. The number of nitrogens with zero attached hydrogens (tertiary/aromatic N) is 1. The lowest BCUT2D eigenvalue weighted by molar-refractivity contribution is 0.102. The van der Waals surface area contributed by atoms with Crippen molar-refractivity contribution in [1.29, 1.82) is 0 Å². The van der Waals surface area contributed by atoms with Crippen molar-refractivity contribution in [1.82, 2.24) is 10.2 Å². The smallest absolute Gasteiger partial charge is 0.276 e. The molecule has 92 valence electrons. The zero-order valence-electron chi connectivity index (χ0n) is 9.60. The van der Waals surface area contributed by atoms with E-state index in [9.17, 15) is 14.7 Å². The predicted molar refractivity (Wildman–Crippen MR) is 65.7 cm³/mol. The Labute approximate surface area is 102 Å². The number of hydrogen-bond acceptors (Lipinski definition) is 4. The first-order chi connectivity index (χ1) is 8.56. The fraction of sp³-hybridized carbons (Fsp3) is 0.0833. The van der Waals surface area contributed by atoms with Crippen LogP contribution in [0.3, 0.4) is 0 Å². The number of anilines is 1. The van der Waals surface area contributed by atoms with Crippen LogP contribution in [0.1, 0.15) is 16.1 Å². The highest BCUT2D eigenvalue weighted by Crippen LogP contribution is 2.20. The van der Waals surface area contributed by atoms with E-state index >= 15 is 0 Å². The first-order valence-electron chi connectivity index (χ1n) is 5.23. The Hall–Kier alpha value is -2.63. The number of amides is 1. The van der Waals surface area contributed by atoms with Gasteiger partial charge in [0.05, 0.1) is 0 Å². The second-order valence-electron chi connectivity index (χ2n) is 3.76. The topological polar surface area (TPSA) is 95.1 Å². The van der Waals surface area contributed by atoms with Gasteiger partial charge in [-0.15, -0.1) is 0 Å².